The van der Waals surface area contributed by atoms with Gasteiger partial charge in [0.2, 0.25) is 0 Å². The lowest BCUT2D eigenvalue weighted by Gasteiger charge is -1.97. The van der Waals surface area contributed by atoms with Gasteiger partial charge < -0.3 is 10.2 Å². The standard InChI is InChI=1S/C19H18N2O4/c22-18(23)16-6-1-4-14(10-16)12-20-8-3-9-21-13-15-5-2-7-17(11-15)19(24)25/h1-2,4-7,10-13H,3,8-9H2,(H,22,23)(H,24,25). The fourth-order valence-electron chi connectivity index (χ4n) is 2.10. The maximum Gasteiger partial charge on any atom is 0.335 e. The van der Waals surface area contributed by atoms with Crippen molar-refractivity contribution in [3.63, 3.8) is 0 Å². The molecule has 6 heteroatoms. The maximum absolute atomic E-state index is 10.9. The predicted octanol–water partition coefficient (Wildman–Crippen LogP) is 3.01. The van der Waals surface area contributed by atoms with E-state index >= 15 is 0 Å². The molecule has 0 amide bonds. The van der Waals surface area contributed by atoms with Crippen LogP contribution < -0.4 is 0 Å². The van der Waals surface area contributed by atoms with Crippen molar-refractivity contribution in [2.45, 2.75) is 6.42 Å². The summed E-state index contributed by atoms with van der Waals surface area (Å²) in [7, 11) is 0. The molecule has 0 aliphatic carbocycles. The Bertz CT molecular complexity index is 745. The van der Waals surface area contributed by atoms with Gasteiger partial charge in [-0.15, -0.1) is 0 Å². The molecule has 0 heterocycles. The fraction of sp³-hybridized carbons (Fsp3) is 0.158. The number of carbonyl (C=O) groups is 2. The third-order valence-corrected chi connectivity index (χ3v) is 3.32. The first kappa shape index (κ1) is 18.1. The van der Waals surface area contributed by atoms with Crippen LogP contribution in [0.15, 0.2) is 58.5 Å². The Kier molecular flexibility index (Phi) is 6.59. The first-order valence-corrected chi connectivity index (χ1v) is 7.72. The van der Waals surface area contributed by atoms with E-state index in [0.29, 0.717) is 13.1 Å². The number of rotatable bonds is 8. The zero-order chi connectivity index (χ0) is 18.1. The van der Waals surface area contributed by atoms with Crippen LogP contribution in [0.1, 0.15) is 38.3 Å². The number of aliphatic imine (C=N–C) groups is 2. The smallest absolute Gasteiger partial charge is 0.335 e. The van der Waals surface area contributed by atoms with Gasteiger partial charge in [-0.25, -0.2) is 9.59 Å². The van der Waals surface area contributed by atoms with E-state index in [-0.39, 0.29) is 11.1 Å². The van der Waals surface area contributed by atoms with E-state index in [9.17, 15) is 9.59 Å². The normalized spacial score (nSPS) is 11.2. The third kappa shape index (κ3) is 6.02. The van der Waals surface area contributed by atoms with Gasteiger partial charge in [0.05, 0.1) is 11.1 Å². The average Bonchev–Trinajstić information content (AvgIpc) is 2.61. The monoisotopic (exact) mass is 338 g/mol. The van der Waals surface area contributed by atoms with Crippen LogP contribution >= 0.6 is 0 Å². The molecule has 2 rings (SSSR count). The molecule has 0 saturated carbocycles. The molecule has 0 bridgehead atoms. The van der Waals surface area contributed by atoms with Crippen molar-refractivity contribution in [2.75, 3.05) is 13.1 Å². The number of aromatic carboxylic acids is 2. The third-order valence-electron chi connectivity index (χ3n) is 3.32. The van der Waals surface area contributed by atoms with E-state index in [1.807, 2.05) is 0 Å². The van der Waals surface area contributed by atoms with E-state index in [1.165, 1.54) is 12.1 Å². The molecule has 0 atom stereocenters. The molecule has 0 radical (unpaired) electrons. The van der Waals surface area contributed by atoms with Gasteiger partial charge in [0.1, 0.15) is 0 Å². The van der Waals surface area contributed by atoms with E-state index in [2.05, 4.69) is 9.98 Å². The Labute approximate surface area is 145 Å². The highest BCUT2D eigenvalue weighted by Crippen LogP contribution is 2.04. The summed E-state index contributed by atoms with van der Waals surface area (Å²) in [5.41, 5.74) is 1.96. The highest BCUT2D eigenvalue weighted by Gasteiger charge is 2.02. The Hall–Kier alpha value is -3.28. The fourth-order valence-corrected chi connectivity index (χ4v) is 2.10. The summed E-state index contributed by atoms with van der Waals surface area (Å²) in [6.45, 7) is 1.15. The second-order valence-electron chi connectivity index (χ2n) is 5.29. The van der Waals surface area contributed by atoms with Crippen LogP contribution in [-0.2, 0) is 0 Å². The number of nitrogens with zero attached hydrogens (tertiary/aromatic N) is 2. The van der Waals surface area contributed by atoms with Gasteiger partial charge in [0, 0.05) is 25.5 Å². The molecule has 0 aliphatic heterocycles. The predicted molar refractivity (Wildman–Crippen MR) is 96.3 cm³/mol. The minimum Gasteiger partial charge on any atom is -0.478 e. The molecule has 0 aromatic heterocycles. The van der Waals surface area contributed by atoms with Crippen LogP contribution in [0.4, 0.5) is 0 Å². The molecule has 0 fully saturated rings. The second-order valence-corrected chi connectivity index (χ2v) is 5.29. The Morgan fingerprint density at radius 3 is 1.64 bits per heavy atom. The van der Waals surface area contributed by atoms with Crippen LogP contribution in [0.2, 0.25) is 0 Å². The van der Waals surface area contributed by atoms with Gasteiger partial charge in [-0.3, -0.25) is 9.98 Å². The van der Waals surface area contributed by atoms with Crippen LogP contribution in [-0.4, -0.2) is 47.7 Å². The molecule has 128 valence electrons. The van der Waals surface area contributed by atoms with Crippen molar-refractivity contribution in [3.05, 3.63) is 70.8 Å². The largest absolute Gasteiger partial charge is 0.478 e. The van der Waals surface area contributed by atoms with Gasteiger partial charge in [0.25, 0.3) is 0 Å². The average molecular weight is 338 g/mol. The number of benzene rings is 2. The number of hydrogen-bond acceptors (Lipinski definition) is 4. The van der Waals surface area contributed by atoms with E-state index in [4.69, 9.17) is 10.2 Å². The van der Waals surface area contributed by atoms with E-state index in [0.717, 1.165) is 17.5 Å². The Morgan fingerprint density at radius 1 is 0.800 bits per heavy atom. The van der Waals surface area contributed by atoms with Crippen molar-refractivity contribution in [2.24, 2.45) is 9.98 Å². The summed E-state index contributed by atoms with van der Waals surface area (Å²) in [6.07, 6.45) is 4.03. The molecule has 0 aliphatic rings. The molecule has 25 heavy (non-hydrogen) atoms. The first-order chi connectivity index (χ1) is 12.1. The Balaban J connectivity index is 1.78. The summed E-state index contributed by atoms with van der Waals surface area (Å²) in [6, 6.07) is 13.2. The van der Waals surface area contributed by atoms with Crippen molar-refractivity contribution < 1.29 is 19.8 Å². The summed E-state index contributed by atoms with van der Waals surface area (Å²) >= 11 is 0. The number of carboxylic acid groups (broad SMARTS) is 2. The second kappa shape index (κ2) is 9.12. The summed E-state index contributed by atoms with van der Waals surface area (Å²) in [4.78, 5) is 30.3. The van der Waals surface area contributed by atoms with Crippen LogP contribution in [0.25, 0.3) is 0 Å². The van der Waals surface area contributed by atoms with Gasteiger partial charge in [-0.1, -0.05) is 24.3 Å². The van der Waals surface area contributed by atoms with E-state index in [1.54, 1.807) is 48.8 Å². The lowest BCUT2D eigenvalue weighted by molar-refractivity contribution is 0.0686. The van der Waals surface area contributed by atoms with Crippen molar-refractivity contribution in [1.29, 1.82) is 0 Å². The maximum atomic E-state index is 10.9. The molecule has 2 aromatic rings. The molecular formula is C19H18N2O4. The van der Waals surface area contributed by atoms with Crippen molar-refractivity contribution in [3.8, 4) is 0 Å². The quantitative estimate of drug-likeness (QED) is 0.571. The topological polar surface area (TPSA) is 99.3 Å². The summed E-state index contributed by atoms with van der Waals surface area (Å²) < 4.78 is 0. The molecule has 2 aromatic carbocycles. The SMILES string of the molecule is O=C(O)c1cccc(C=NCCCN=Cc2cccc(C(=O)O)c2)c1. The van der Waals surface area contributed by atoms with Gasteiger partial charge in [0.15, 0.2) is 0 Å². The summed E-state index contributed by atoms with van der Waals surface area (Å²) in [5, 5.41) is 17.9. The van der Waals surface area contributed by atoms with Gasteiger partial charge in [-0.05, 0) is 41.8 Å². The van der Waals surface area contributed by atoms with Gasteiger partial charge >= 0.3 is 11.9 Å². The summed E-state index contributed by atoms with van der Waals surface area (Å²) in [5.74, 6) is -1.92. The lowest BCUT2D eigenvalue weighted by atomic mass is 10.1. The van der Waals surface area contributed by atoms with Crippen LogP contribution in [0.5, 0.6) is 0 Å². The molecular weight excluding hydrogens is 320 g/mol. The lowest BCUT2D eigenvalue weighted by Crippen LogP contribution is -1.97. The Morgan fingerprint density at radius 2 is 1.24 bits per heavy atom. The minimum atomic E-state index is -0.962. The highest BCUT2D eigenvalue weighted by molar-refractivity contribution is 5.91. The molecule has 6 nitrogen and oxygen atoms in total. The van der Waals surface area contributed by atoms with E-state index < -0.39 is 11.9 Å². The first-order valence-electron chi connectivity index (χ1n) is 7.72. The van der Waals surface area contributed by atoms with Crippen molar-refractivity contribution >= 4 is 24.4 Å². The molecule has 0 saturated heterocycles. The zero-order valence-corrected chi connectivity index (χ0v) is 13.5. The van der Waals surface area contributed by atoms with Crippen molar-refractivity contribution in [1.82, 2.24) is 0 Å². The highest BCUT2D eigenvalue weighted by atomic mass is 16.4. The van der Waals surface area contributed by atoms with Crippen LogP contribution in [0, 0.1) is 0 Å². The number of carboxylic acids is 2. The van der Waals surface area contributed by atoms with Crippen LogP contribution in [0.3, 0.4) is 0 Å². The molecule has 2 N–H and O–H groups in total. The zero-order valence-electron chi connectivity index (χ0n) is 13.5. The number of hydrogen-bond donors (Lipinski definition) is 2. The molecule has 0 spiro atoms. The van der Waals surface area contributed by atoms with Gasteiger partial charge in [-0.2, -0.15) is 0 Å². The molecule has 0 unspecified atom stereocenters. The minimum absolute atomic E-state index is 0.233.